The van der Waals surface area contributed by atoms with Gasteiger partial charge in [0.05, 0.1) is 27.9 Å². The average molecular weight is 456 g/mol. The first-order valence-corrected chi connectivity index (χ1v) is 9.14. The van der Waals surface area contributed by atoms with Crippen LogP contribution >= 0.6 is 0 Å². The van der Waals surface area contributed by atoms with Crippen LogP contribution < -0.4 is 25.5 Å². The number of Topliss-reactive ketones (excluding diaryl/α,β-unsaturated/α-hetero) is 1. The molecule has 174 valence electrons. The van der Waals surface area contributed by atoms with Gasteiger partial charge in [-0.1, -0.05) is 0 Å². The number of aliphatic hydroxyl groups is 3. The molecule has 4 atom stereocenters. The highest BCUT2D eigenvalue weighted by atomic mass is 19.2. The van der Waals surface area contributed by atoms with Crippen LogP contribution in [0, 0.1) is 0 Å². The van der Waals surface area contributed by atoms with Gasteiger partial charge >= 0.3 is 11.7 Å². The van der Waals surface area contributed by atoms with Gasteiger partial charge < -0.3 is 34.3 Å². The highest BCUT2D eigenvalue weighted by Crippen LogP contribution is 2.47. The first kappa shape index (κ1) is 23.4. The number of benzene rings is 1. The molecule has 0 aliphatic carbocycles. The third-order valence-corrected chi connectivity index (χ3v) is 5.14. The van der Waals surface area contributed by atoms with Gasteiger partial charge in [0.25, 0.3) is 5.56 Å². The summed E-state index contributed by atoms with van der Waals surface area (Å²) in [6.45, 7) is -1.00. The van der Waals surface area contributed by atoms with E-state index in [1.165, 1.54) is 21.3 Å². The van der Waals surface area contributed by atoms with E-state index in [0.29, 0.717) is 6.20 Å². The van der Waals surface area contributed by atoms with Crippen molar-refractivity contribution in [1.82, 2.24) is 9.55 Å². The largest absolute Gasteiger partial charge is 0.493 e. The zero-order valence-corrected chi connectivity index (χ0v) is 17.2. The molecule has 12 nitrogen and oxygen atoms in total. The third-order valence-electron chi connectivity index (χ3n) is 5.14. The fourth-order valence-electron chi connectivity index (χ4n) is 3.53. The molecule has 0 amide bonds. The van der Waals surface area contributed by atoms with Crippen molar-refractivity contribution in [3.8, 4) is 17.2 Å². The molecule has 0 unspecified atom stereocenters. The van der Waals surface area contributed by atoms with Crippen LogP contribution in [0.4, 0.5) is 4.39 Å². The van der Waals surface area contributed by atoms with E-state index < -0.39 is 53.0 Å². The summed E-state index contributed by atoms with van der Waals surface area (Å²) in [7, 11) is 3.83. The van der Waals surface area contributed by atoms with Crippen molar-refractivity contribution < 1.29 is 43.5 Å². The number of hydrogen-bond donors (Lipinski definition) is 4. The second-order valence-electron chi connectivity index (χ2n) is 6.83. The van der Waals surface area contributed by atoms with Crippen LogP contribution in [-0.2, 0) is 10.7 Å². The number of carbonyl (C=O) groups excluding carboxylic acids is 1. The second-order valence-corrected chi connectivity index (χ2v) is 6.83. The summed E-state index contributed by atoms with van der Waals surface area (Å²) in [6.07, 6.45) is -3.47. The summed E-state index contributed by atoms with van der Waals surface area (Å²) in [5.74, 6) is -5.08. The van der Waals surface area contributed by atoms with E-state index in [9.17, 15) is 29.7 Å². The molecule has 2 aromatic rings. The molecule has 2 heterocycles. The quantitative estimate of drug-likeness (QED) is 0.360. The number of aliphatic hydroxyl groups excluding tert-OH is 2. The first-order chi connectivity index (χ1) is 15.1. The molecule has 1 saturated heterocycles. The van der Waals surface area contributed by atoms with Crippen LogP contribution in [0.3, 0.4) is 0 Å². The zero-order chi connectivity index (χ0) is 23.8. The smallest absolute Gasteiger partial charge is 0.337 e. The molecule has 13 heteroatoms. The molecule has 0 saturated carbocycles. The SMILES string of the molecule is COc1cc(C(=O)[C@@]2(O)[C@H](O)[C@@H](CO)O[C@@]2(F)n2ccc(=O)[nH]c2=O)cc(OC)c1OC. The lowest BCUT2D eigenvalue weighted by molar-refractivity contribution is -0.262. The molecule has 1 fully saturated rings. The average Bonchev–Trinajstić information content (AvgIpc) is 2.99. The Hall–Kier alpha value is -3.26. The van der Waals surface area contributed by atoms with Crippen LogP contribution in [0.2, 0.25) is 0 Å². The van der Waals surface area contributed by atoms with Gasteiger partial charge in [0.2, 0.25) is 17.1 Å². The Labute approximate surface area is 179 Å². The molecule has 1 aliphatic heterocycles. The molecular weight excluding hydrogens is 435 g/mol. The molecule has 0 bridgehead atoms. The van der Waals surface area contributed by atoms with Crippen molar-refractivity contribution in [2.24, 2.45) is 0 Å². The lowest BCUT2D eigenvalue weighted by Gasteiger charge is -2.34. The fourth-order valence-corrected chi connectivity index (χ4v) is 3.53. The van der Waals surface area contributed by atoms with Crippen LogP contribution in [-0.4, -0.2) is 76.4 Å². The number of nitrogens with one attached hydrogen (secondary N) is 1. The Morgan fingerprint density at radius 2 is 1.81 bits per heavy atom. The number of ether oxygens (including phenoxy) is 4. The van der Waals surface area contributed by atoms with Crippen molar-refractivity contribution in [1.29, 1.82) is 0 Å². The first-order valence-electron chi connectivity index (χ1n) is 9.14. The maximum absolute atomic E-state index is 16.2. The van der Waals surface area contributed by atoms with Gasteiger partial charge in [-0.15, -0.1) is 0 Å². The van der Waals surface area contributed by atoms with Gasteiger partial charge in [-0.3, -0.25) is 14.6 Å². The summed E-state index contributed by atoms with van der Waals surface area (Å²) >= 11 is 0. The lowest BCUT2D eigenvalue weighted by atomic mass is 9.84. The van der Waals surface area contributed by atoms with Crippen LogP contribution in [0.1, 0.15) is 10.4 Å². The molecule has 3 rings (SSSR count). The topological polar surface area (TPSA) is 170 Å². The number of halogens is 1. The monoisotopic (exact) mass is 456 g/mol. The highest BCUT2D eigenvalue weighted by Gasteiger charge is 2.72. The minimum absolute atomic E-state index is 0.0171. The van der Waals surface area contributed by atoms with Gasteiger partial charge in [0.15, 0.2) is 11.5 Å². The molecule has 0 radical (unpaired) electrons. The van der Waals surface area contributed by atoms with Gasteiger partial charge in [-0.2, -0.15) is 4.39 Å². The van der Waals surface area contributed by atoms with E-state index in [2.05, 4.69) is 0 Å². The molecule has 0 spiro atoms. The number of H-pyrrole nitrogens is 1. The van der Waals surface area contributed by atoms with E-state index in [-0.39, 0.29) is 21.8 Å². The van der Waals surface area contributed by atoms with E-state index in [1.54, 1.807) is 4.98 Å². The van der Waals surface area contributed by atoms with Crippen molar-refractivity contribution in [3.05, 3.63) is 50.8 Å². The number of carbonyl (C=O) groups is 1. The zero-order valence-electron chi connectivity index (χ0n) is 17.2. The molecule has 1 aliphatic rings. The number of aromatic amines is 1. The van der Waals surface area contributed by atoms with Crippen molar-refractivity contribution >= 4 is 5.78 Å². The number of alkyl halides is 1. The molecule has 4 N–H and O–H groups in total. The maximum atomic E-state index is 16.2. The lowest BCUT2D eigenvalue weighted by Crippen LogP contribution is -2.62. The van der Waals surface area contributed by atoms with Crippen molar-refractivity contribution in [3.63, 3.8) is 0 Å². The normalized spacial score (nSPS) is 27.2. The van der Waals surface area contributed by atoms with E-state index in [4.69, 9.17) is 18.9 Å². The maximum Gasteiger partial charge on any atom is 0.337 e. The Bertz CT molecular complexity index is 1120. The Balaban J connectivity index is 2.25. The van der Waals surface area contributed by atoms with Gasteiger partial charge in [-0.05, 0) is 12.1 Å². The van der Waals surface area contributed by atoms with Gasteiger partial charge in [0, 0.05) is 17.8 Å². The second kappa shape index (κ2) is 8.35. The van der Waals surface area contributed by atoms with Crippen LogP contribution in [0.25, 0.3) is 0 Å². The summed E-state index contributed by atoms with van der Waals surface area (Å²) in [6, 6.07) is 2.93. The Kier molecular flexibility index (Phi) is 6.11. The predicted molar refractivity (Wildman–Crippen MR) is 104 cm³/mol. The number of rotatable bonds is 7. The molecule has 1 aromatic carbocycles. The summed E-state index contributed by atoms with van der Waals surface area (Å²) in [5.41, 5.74) is -6.09. The van der Waals surface area contributed by atoms with Crippen LogP contribution in [0.5, 0.6) is 17.2 Å². The summed E-state index contributed by atoms with van der Waals surface area (Å²) < 4.78 is 36.7. The van der Waals surface area contributed by atoms with Crippen LogP contribution in [0.15, 0.2) is 34.0 Å². The van der Waals surface area contributed by atoms with E-state index in [1.807, 2.05) is 0 Å². The van der Waals surface area contributed by atoms with Gasteiger partial charge in [-0.25, -0.2) is 9.36 Å². The number of hydrogen-bond acceptors (Lipinski definition) is 10. The molecule has 32 heavy (non-hydrogen) atoms. The van der Waals surface area contributed by atoms with E-state index in [0.717, 1.165) is 18.2 Å². The number of ketones is 1. The predicted octanol–water partition coefficient (Wildman–Crippen LogP) is -1.49. The summed E-state index contributed by atoms with van der Waals surface area (Å²) in [5, 5.41) is 31.3. The number of methoxy groups -OCH3 is 3. The molecular formula is C19H21FN2O10. The fraction of sp³-hybridized carbons (Fsp3) is 0.421. The minimum Gasteiger partial charge on any atom is -0.493 e. The van der Waals surface area contributed by atoms with Crippen molar-refractivity contribution in [2.75, 3.05) is 27.9 Å². The standard InChI is InChI=1S/C19H21FN2O10/c1-29-10-6-9(7-11(30-2)14(10)31-3)15(25)18(28)16(26)12(8-23)32-19(18,20)22-5-4-13(24)21-17(22)27/h4-7,12,16,23,26,28H,8H2,1-3H3,(H,21,24,27)/t12-,16-,18-,19+/m1/s1. The van der Waals surface area contributed by atoms with Crippen molar-refractivity contribution in [2.45, 2.75) is 23.8 Å². The third kappa shape index (κ3) is 3.26. The Morgan fingerprint density at radius 1 is 1.22 bits per heavy atom. The minimum atomic E-state index is -3.71. The number of nitrogens with zero attached hydrogens (tertiary/aromatic N) is 1. The number of aromatic nitrogens is 2. The van der Waals surface area contributed by atoms with Gasteiger partial charge in [0.1, 0.15) is 12.2 Å². The highest BCUT2D eigenvalue weighted by molar-refractivity contribution is 6.04. The van der Waals surface area contributed by atoms with E-state index >= 15 is 4.39 Å². The Morgan fingerprint density at radius 3 is 2.28 bits per heavy atom. The molecule has 1 aromatic heterocycles. The summed E-state index contributed by atoms with van der Waals surface area (Å²) in [4.78, 5) is 38.8.